The van der Waals surface area contributed by atoms with E-state index in [1.807, 2.05) is 0 Å². The number of methoxy groups -OCH3 is 1. The molecule has 0 amide bonds. The molecule has 0 spiro atoms. The van der Waals surface area contributed by atoms with Gasteiger partial charge < -0.3 is 9.53 Å². The fourth-order valence-electron chi connectivity index (χ4n) is 0.671. The van der Waals surface area contributed by atoms with Gasteiger partial charge in [-0.25, -0.2) is 4.79 Å². The first kappa shape index (κ1) is 10.5. The SMILES string of the molecule is COC(=O)C(CCC=O)[N+](=O)[O-]. The molecule has 6 nitrogen and oxygen atoms in total. The van der Waals surface area contributed by atoms with E-state index in [0.717, 1.165) is 7.11 Å². The maximum absolute atomic E-state index is 10.7. The molecule has 0 aromatic heterocycles. The Kier molecular flexibility index (Phi) is 4.59. The van der Waals surface area contributed by atoms with E-state index in [2.05, 4.69) is 4.74 Å². The summed E-state index contributed by atoms with van der Waals surface area (Å²) in [6, 6.07) is -1.42. The zero-order valence-corrected chi connectivity index (χ0v) is 6.56. The second-order valence-corrected chi connectivity index (χ2v) is 2.07. The minimum atomic E-state index is -1.42. The highest BCUT2D eigenvalue weighted by Gasteiger charge is 2.29. The van der Waals surface area contributed by atoms with Gasteiger partial charge >= 0.3 is 12.0 Å². The molecule has 0 bridgehead atoms. The molecule has 0 saturated heterocycles. The Bertz CT molecular complexity index is 190. The van der Waals surface area contributed by atoms with Gasteiger partial charge in [0.05, 0.1) is 7.11 Å². The minimum absolute atomic E-state index is 0.0131. The first-order valence-electron chi connectivity index (χ1n) is 3.28. The lowest BCUT2D eigenvalue weighted by Gasteiger charge is -2.03. The number of carbonyl (C=O) groups excluding carboxylic acids is 2. The molecule has 0 aromatic rings. The number of aldehydes is 1. The molecular weight excluding hydrogens is 166 g/mol. The third kappa shape index (κ3) is 3.09. The van der Waals surface area contributed by atoms with Crippen molar-refractivity contribution >= 4 is 12.3 Å². The van der Waals surface area contributed by atoms with E-state index in [0.29, 0.717) is 6.29 Å². The van der Waals surface area contributed by atoms with E-state index >= 15 is 0 Å². The van der Waals surface area contributed by atoms with Gasteiger partial charge in [0.25, 0.3) is 0 Å². The van der Waals surface area contributed by atoms with Crippen molar-refractivity contribution in [2.45, 2.75) is 18.9 Å². The van der Waals surface area contributed by atoms with Gasteiger partial charge in [-0.1, -0.05) is 0 Å². The normalized spacial score (nSPS) is 11.8. The summed E-state index contributed by atoms with van der Waals surface area (Å²) >= 11 is 0. The number of ether oxygens (including phenoxy) is 1. The average molecular weight is 175 g/mol. The van der Waals surface area contributed by atoms with Gasteiger partial charge in [-0.3, -0.25) is 10.1 Å². The molecule has 68 valence electrons. The highest BCUT2D eigenvalue weighted by atomic mass is 16.6. The van der Waals surface area contributed by atoms with Crippen molar-refractivity contribution < 1.29 is 19.2 Å². The lowest BCUT2D eigenvalue weighted by molar-refractivity contribution is -0.511. The number of hydrogen-bond acceptors (Lipinski definition) is 5. The summed E-state index contributed by atoms with van der Waals surface area (Å²) in [5.41, 5.74) is 0. The van der Waals surface area contributed by atoms with Crippen LogP contribution in [0.2, 0.25) is 0 Å². The molecule has 0 aliphatic heterocycles. The van der Waals surface area contributed by atoms with Gasteiger partial charge in [0, 0.05) is 17.8 Å². The first-order chi connectivity index (χ1) is 5.63. The van der Waals surface area contributed by atoms with Crippen molar-refractivity contribution in [2.75, 3.05) is 7.11 Å². The Balaban J connectivity index is 4.12. The van der Waals surface area contributed by atoms with Crippen LogP contribution in [-0.4, -0.2) is 30.3 Å². The largest absolute Gasteiger partial charge is 0.464 e. The number of esters is 1. The van der Waals surface area contributed by atoms with Crippen LogP contribution in [0.4, 0.5) is 0 Å². The van der Waals surface area contributed by atoms with Crippen molar-refractivity contribution in [1.82, 2.24) is 0 Å². The lowest BCUT2D eigenvalue weighted by atomic mass is 10.2. The molecule has 1 atom stereocenters. The third-order valence-electron chi connectivity index (χ3n) is 1.29. The lowest BCUT2D eigenvalue weighted by Crippen LogP contribution is -2.30. The van der Waals surface area contributed by atoms with E-state index in [-0.39, 0.29) is 12.8 Å². The summed E-state index contributed by atoms with van der Waals surface area (Å²) in [4.78, 5) is 30.0. The van der Waals surface area contributed by atoms with E-state index < -0.39 is 16.9 Å². The van der Waals surface area contributed by atoms with E-state index in [9.17, 15) is 19.7 Å². The van der Waals surface area contributed by atoms with Gasteiger partial charge in [-0.2, -0.15) is 0 Å². The van der Waals surface area contributed by atoms with Crippen molar-refractivity contribution in [2.24, 2.45) is 0 Å². The van der Waals surface area contributed by atoms with Gasteiger partial charge in [0.2, 0.25) is 0 Å². The Morgan fingerprint density at radius 2 is 2.33 bits per heavy atom. The van der Waals surface area contributed by atoms with Crippen molar-refractivity contribution in [3.8, 4) is 0 Å². The van der Waals surface area contributed by atoms with Crippen LogP contribution in [-0.2, 0) is 14.3 Å². The monoisotopic (exact) mass is 175 g/mol. The molecule has 0 aromatic carbocycles. The molecular formula is C6H9NO5. The first-order valence-corrected chi connectivity index (χ1v) is 3.28. The number of carbonyl (C=O) groups is 2. The van der Waals surface area contributed by atoms with Crippen molar-refractivity contribution in [3.63, 3.8) is 0 Å². The summed E-state index contributed by atoms with van der Waals surface area (Å²) in [5, 5.41) is 10.2. The zero-order valence-electron chi connectivity index (χ0n) is 6.56. The quantitative estimate of drug-likeness (QED) is 0.249. The van der Waals surface area contributed by atoms with Gasteiger partial charge in [0.1, 0.15) is 6.29 Å². The van der Waals surface area contributed by atoms with E-state index in [4.69, 9.17) is 0 Å². The predicted octanol–water partition coefficient (Wildman–Crippen LogP) is -0.216. The third-order valence-corrected chi connectivity index (χ3v) is 1.29. The molecule has 0 N–H and O–H groups in total. The smallest absolute Gasteiger partial charge is 0.381 e. The summed E-state index contributed by atoms with van der Waals surface area (Å²) in [6.45, 7) is 0. The topological polar surface area (TPSA) is 86.5 Å². The Morgan fingerprint density at radius 1 is 1.75 bits per heavy atom. The van der Waals surface area contributed by atoms with E-state index in [1.165, 1.54) is 0 Å². The predicted molar refractivity (Wildman–Crippen MR) is 38.1 cm³/mol. The molecule has 0 heterocycles. The minimum Gasteiger partial charge on any atom is -0.464 e. The van der Waals surface area contributed by atoms with Crippen LogP contribution < -0.4 is 0 Å². The summed E-state index contributed by atoms with van der Waals surface area (Å²) < 4.78 is 4.17. The number of nitro groups is 1. The van der Waals surface area contributed by atoms with Crippen LogP contribution in [0.25, 0.3) is 0 Å². The van der Waals surface area contributed by atoms with Gasteiger partial charge in [-0.15, -0.1) is 0 Å². The molecule has 0 saturated carbocycles. The molecule has 12 heavy (non-hydrogen) atoms. The fourth-order valence-corrected chi connectivity index (χ4v) is 0.671. The van der Waals surface area contributed by atoms with Crippen LogP contribution in [0.1, 0.15) is 12.8 Å². The summed E-state index contributed by atoms with van der Waals surface area (Å²) in [7, 11) is 1.07. The van der Waals surface area contributed by atoms with Crippen LogP contribution in [0.15, 0.2) is 0 Å². The molecule has 0 fully saturated rings. The number of rotatable bonds is 5. The molecule has 0 aliphatic rings. The van der Waals surface area contributed by atoms with Crippen LogP contribution >= 0.6 is 0 Å². The van der Waals surface area contributed by atoms with Crippen LogP contribution in [0.3, 0.4) is 0 Å². The van der Waals surface area contributed by atoms with Crippen LogP contribution in [0.5, 0.6) is 0 Å². The second kappa shape index (κ2) is 5.22. The maximum Gasteiger partial charge on any atom is 0.381 e. The fraction of sp³-hybridized carbons (Fsp3) is 0.667. The van der Waals surface area contributed by atoms with Gasteiger partial charge in [0.15, 0.2) is 0 Å². The summed E-state index contributed by atoms with van der Waals surface area (Å²) in [6.07, 6.45) is 0.406. The van der Waals surface area contributed by atoms with Crippen molar-refractivity contribution in [3.05, 3.63) is 10.1 Å². The maximum atomic E-state index is 10.7. The zero-order chi connectivity index (χ0) is 9.56. The Morgan fingerprint density at radius 3 is 2.67 bits per heavy atom. The van der Waals surface area contributed by atoms with Gasteiger partial charge in [-0.05, 0) is 0 Å². The molecule has 6 heteroatoms. The average Bonchev–Trinajstić information content (AvgIpc) is 2.04. The standard InChI is InChI=1S/C6H9NO5/c1-12-6(9)5(7(10)11)3-2-4-8/h4-5H,2-3H2,1H3. The van der Waals surface area contributed by atoms with Crippen molar-refractivity contribution in [1.29, 1.82) is 0 Å². The Hall–Kier alpha value is -1.46. The summed E-state index contributed by atoms with van der Waals surface area (Å²) in [5.74, 6) is -0.915. The number of hydrogen-bond donors (Lipinski definition) is 0. The second-order valence-electron chi connectivity index (χ2n) is 2.07. The molecule has 1 unspecified atom stereocenters. The highest BCUT2D eigenvalue weighted by Crippen LogP contribution is 2.01. The van der Waals surface area contributed by atoms with Crippen LogP contribution in [0, 0.1) is 10.1 Å². The van der Waals surface area contributed by atoms with E-state index in [1.54, 1.807) is 0 Å². The Labute approximate surface area is 68.7 Å². The molecule has 0 aliphatic carbocycles. The number of nitrogens with zero attached hydrogens (tertiary/aromatic N) is 1. The molecule has 0 rings (SSSR count). The molecule has 0 radical (unpaired) electrons. The highest BCUT2D eigenvalue weighted by molar-refractivity contribution is 5.74.